The fourth-order valence-corrected chi connectivity index (χ4v) is 1.92. The minimum atomic E-state index is -2.86. The summed E-state index contributed by atoms with van der Waals surface area (Å²) in [7, 11) is 0. The molecule has 0 fully saturated rings. The van der Waals surface area contributed by atoms with Crippen molar-refractivity contribution in [1.82, 2.24) is 9.78 Å². The molecule has 1 atom stereocenters. The van der Waals surface area contributed by atoms with Crippen molar-refractivity contribution in [3.05, 3.63) is 36.0 Å². The summed E-state index contributed by atoms with van der Waals surface area (Å²) in [6.07, 6.45) is 3.32. The molecule has 0 amide bonds. The number of aldehydes is 1. The molecular formula is C15H16F2N2O2. The molecule has 0 saturated heterocycles. The van der Waals surface area contributed by atoms with Gasteiger partial charge in [0.25, 0.3) is 0 Å². The molecule has 1 aromatic carbocycles. The first kappa shape index (κ1) is 15.2. The zero-order valence-electron chi connectivity index (χ0n) is 11.8. The fraction of sp³-hybridized carbons (Fsp3) is 0.333. The van der Waals surface area contributed by atoms with Gasteiger partial charge in [-0.25, -0.2) is 0 Å². The lowest BCUT2D eigenvalue weighted by atomic mass is 10.1. The molecule has 0 aliphatic carbocycles. The van der Waals surface area contributed by atoms with E-state index in [0.717, 1.165) is 12.7 Å². The minimum absolute atomic E-state index is 0.0720. The summed E-state index contributed by atoms with van der Waals surface area (Å²) in [5, 5.41) is 4.41. The van der Waals surface area contributed by atoms with Crippen molar-refractivity contribution in [3.63, 3.8) is 0 Å². The van der Waals surface area contributed by atoms with Crippen molar-refractivity contribution in [1.29, 1.82) is 0 Å². The van der Waals surface area contributed by atoms with Crippen LogP contribution in [0.4, 0.5) is 8.78 Å². The summed E-state index contributed by atoms with van der Waals surface area (Å²) >= 11 is 0. The molecule has 0 N–H and O–H groups in total. The molecule has 4 nitrogen and oxygen atoms in total. The van der Waals surface area contributed by atoms with Gasteiger partial charge < -0.3 is 4.74 Å². The Labute approximate surface area is 121 Å². The van der Waals surface area contributed by atoms with Crippen molar-refractivity contribution >= 4 is 6.29 Å². The summed E-state index contributed by atoms with van der Waals surface area (Å²) in [6.45, 7) is 1.18. The van der Waals surface area contributed by atoms with E-state index < -0.39 is 6.61 Å². The number of carbonyl (C=O) groups excluding carboxylic acids is 1. The van der Waals surface area contributed by atoms with Crippen LogP contribution in [0.1, 0.15) is 36.7 Å². The van der Waals surface area contributed by atoms with Gasteiger partial charge in [-0.05, 0) is 37.6 Å². The van der Waals surface area contributed by atoms with Gasteiger partial charge in [-0.3, -0.25) is 9.48 Å². The summed E-state index contributed by atoms with van der Waals surface area (Å²) < 4.78 is 30.3. The summed E-state index contributed by atoms with van der Waals surface area (Å²) in [6, 6.07) is 6.25. The van der Waals surface area contributed by atoms with Crippen LogP contribution in [0.3, 0.4) is 0 Å². The largest absolute Gasteiger partial charge is 0.435 e. The van der Waals surface area contributed by atoms with Crippen LogP contribution in [0.25, 0.3) is 11.3 Å². The molecule has 0 aliphatic rings. The molecule has 0 radical (unpaired) electrons. The first-order valence-corrected chi connectivity index (χ1v) is 6.64. The Morgan fingerprint density at radius 3 is 2.52 bits per heavy atom. The number of halogens is 2. The standard InChI is InChI=1S/C15H16F2N2O2/c1-3-10(2)19-8-12(9-20)14(18-19)11-4-6-13(7-5-11)21-15(16)17/h4-10,15H,3H2,1-2H3. The van der Waals surface area contributed by atoms with Gasteiger partial charge in [0.2, 0.25) is 0 Å². The molecular weight excluding hydrogens is 278 g/mol. The quantitative estimate of drug-likeness (QED) is 0.758. The second kappa shape index (κ2) is 6.47. The van der Waals surface area contributed by atoms with Crippen molar-refractivity contribution in [2.75, 3.05) is 0 Å². The maximum Gasteiger partial charge on any atom is 0.387 e. The Kier molecular flexibility index (Phi) is 4.67. The third kappa shape index (κ3) is 3.45. The van der Waals surface area contributed by atoms with Gasteiger partial charge >= 0.3 is 6.61 Å². The lowest BCUT2D eigenvalue weighted by Gasteiger charge is -2.08. The number of aromatic nitrogens is 2. The number of rotatable bonds is 6. The van der Waals surface area contributed by atoms with E-state index in [4.69, 9.17) is 0 Å². The third-order valence-electron chi connectivity index (χ3n) is 3.28. The van der Waals surface area contributed by atoms with E-state index >= 15 is 0 Å². The number of nitrogens with zero attached hydrogens (tertiary/aromatic N) is 2. The van der Waals surface area contributed by atoms with Gasteiger partial charge in [0.05, 0.1) is 5.56 Å². The predicted molar refractivity (Wildman–Crippen MR) is 74.7 cm³/mol. The molecule has 112 valence electrons. The molecule has 6 heteroatoms. The molecule has 0 aliphatic heterocycles. The third-order valence-corrected chi connectivity index (χ3v) is 3.28. The van der Waals surface area contributed by atoms with Crippen LogP contribution < -0.4 is 4.74 Å². The first-order chi connectivity index (χ1) is 10.0. The molecule has 0 bridgehead atoms. The van der Waals surface area contributed by atoms with Gasteiger partial charge in [-0.2, -0.15) is 13.9 Å². The SMILES string of the molecule is CCC(C)n1cc(C=O)c(-c2ccc(OC(F)F)cc2)n1. The van der Waals surface area contributed by atoms with E-state index in [0.29, 0.717) is 16.8 Å². The molecule has 1 aromatic heterocycles. The predicted octanol–water partition coefficient (Wildman–Crippen LogP) is 3.94. The summed E-state index contributed by atoms with van der Waals surface area (Å²) in [5.41, 5.74) is 1.69. The Bertz CT molecular complexity index is 609. The molecule has 2 rings (SSSR count). The van der Waals surface area contributed by atoms with Crippen LogP contribution in [0.15, 0.2) is 30.5 Å². The van der Waals surface area contributed by atoms with Crippen LogP contribution in [0.2, 0.25) is 0 Å². The number of carbonyl (C=O) groups is 1. The highest BCUT2D eigenvalue weighted by molar-refractivity contribution is 5.85. The summed E-state index contributed by atoms with van der Waals surface area (Å²) in [5.74, 6) is 0.0720. The van der Waals surface area contributed by atoms with Crippen molar-refractivity contribution < 1.29 is 18.3 Å². The van der Waals surface area contributed by atoms with E-state index in [9.17, 15) is 13.6 Å². The maximum absolute atomic E-state index is 12.1. The van der Waals surface area contributed by atoms with Crippen LogP contribution in [-0.4, -0.2) is 22.7 Å². The van der Waals surface area contributed by atoms with Crippen LogP contribution in [0, 0.1) is 0 Å². The minimum Gasteiger partial charge on any atom is -0.435 e. The number of ether oxygens (including phenoxy) is 1. The molecule has 0 spiro atoms. The number of hydrogen-bond donors (Lipinski definition) is 0. The van der Waals surface area contributed by atoms with E-state index in [1.807, 2.05) is 13.8 Å². The van der Waals surface area contributed by atoms with Crippen LogP contribution in [-0.2, 0) is 0 Å². The Morgan fingerprint density at radius 1 is 1.33 bits per heavy atom. The van der Waals surface area contributed by atoms with E-state index in [2.05, 4.69) is 9.84 Å². The second-order valence-corrected chi connectivity index (χ2v) is 4.69. The zero-order chi connectivity index (χ0) is 15.4. The highest BCUT2D eigenvalue weighted by Gasteiger charge is 2.13. The molecule has 2 aromatic rings. The van der Waals surface area contributed by atoms with Gasteiger partial charge in [-0.1, -0.05) is 6.92 Å². The molecule has 1 heterocycles. The van der Waals surface area contributed by atoms with Gasteiger partial charge in [-0.15, -0.1) is 0 Å². The van der Waals surface area contributed by atoms with Crippen LogP contribution >= 0.6 is 0 Å². The second-order valence-electron chi connectivity index (χ2n) is 4.69. The van der Waals surface area contributed by atoms with Crippen molar-refractivity contribution in [3.8, 4) is 17.0 Å². The average Bonchev–Trinajstić information content (AvgIpc) is 2.91. The highest BCUT2D eigenvalue weighted by Crippen LogP contribution is 2.25. The Balaban J connectivity index is 2.32. The van der Waals surface area contributed by atoms with E-state index in [1.54, 1.807) is 23.0 Å². The number of hydrogen-bond acceptors (Lipinski definition) is 3. The average molecular weight is 294 g/mol. The number of benzene rings is 1. The smallest absolute Gasteiger partial charge is 0.387 e. The molecule has 1 unspecified atom stereocenters. The lowest BCUT2D eigenvalue weighted by Crippen LogP contribution is -2.04. The topological polar surface area (TPSA) is 44.1 Å². The van der Waals surface area contributed by atoms with E-state index in [-0.39, 0.29) is 11.8 Å². The molecule has 21 heavy (non-hydrogen) atoms. The van der Waals surface area contributed by atoms with Gasteiger partial charge in [0, 0.05) is 17.8 Å². The fourth-order valence-electron chi connectivity index (χ4n) is 1.92. The monoisotopic (exact) mass is 294 g/mol. The van der Waals surface area contributed by atoms with Crippen molar-refractivity contribution in [2.24, 2.45) is 0 Å². The summed E-state index contributed by atoms with van der Waals surface area (Å²) in [4.78, 5) is 11.2. The zero-order valence-corrected chi connectivity index (χ0v) is 11.8. The first-order valence-electron chi connectivity index (χ1n) is 6.64. The Hall–Kier alpha value is -2.24. The highest BCUT2D eigenvalue weighted by atomic mass is 19.3. The number of alkyl halides is 2. The van der Waals surface area contributed by atoms with Gasteiger partial charge in [0.15, 0.2) is 6.29 Å². The van der Waals surface area contributed by atoms with E-state index in [1.165, 1.54) is 12.1 Å². The van der Waals surface area contributed by atoms with Gasteiger partial charge in [0.1, 0.15) is 11.4 Å². The molecule has 0 saturated carbocycles. The van der Waals surface area contributed by atoms with Crippen molar-refractivity contribution in [2.45, 2.75) is 32.9 Å². The maximum atomic E-state index is 12.1. The lowest BCUT2D eigenvalue weighted by molar-refractivity contribution is -0.0498. The Morgan fingerprint density at radius 2 is 2.00 bits per heavy atom. The normalized spacial score (nSPS) is 12.4. The van der Waals surface area contributed by atoms with Crippen LogP contribution in [0.5, 0.6) is 5.75 Å².